The van der Waals surface area contributed by atoms with Gasteiger partial charge in [0, 0.05) is 23.8 Å². The van der Waals surface area contributed by atoms with Crippen LogP contribution in [0.2, 0.25) is 0 Å². The van der Waals surface area contributed by atoms with E-state index < -0.39 is 0 Å². The van der Waals surface area contributed by atoms with E-state index >= 15 is 0 Å². The maximum absolute atomic E-state index is 11.5. The molecule has 0 saturated carbocycles. The molecule has 2 rings (SSSR count). The summed E-state index contributed by atoms with van der Waals surface area (Å²) in [5.41, 5.74) is 4.10. The van der Waals surface area contributed by atoms with E-state index in [-0.39, 0.29) is 5.97 Å². The first-order valence-corrected chi connectivity index (χ1v) is 7.45. The average molecular weight is 348 g/mol. The predicted molar refractivity (Wildman–Crippen MR) is 88.8 cm³/mol. The molecule has 3 nitrogen and oxygen atoms in total. The minimum atomic E-state index is -0.325. The van der Waals surface area contributed by atoms with Crippen LogP contribution in [0.3, 0.4) is 0 Å². The van der Waals surface area contributed by atoms with E-state index in [0.717, 1.165) is 16.6 Å². The van der Waals surface area contributed by atoms with Crippen LogP contribution in [0.15, 0.2) is 46.9 Å². The second-order valence-corrected chi connectivity index (χ2v) is 5.79. The van der Waals surface area contributed by atoms with Crippen molar-refractivity contribution in [3.63, 3.8) is 0 Å². The Kier molecular flexibility index (Phi) is 5.02. The Balaban J connectivity index is 2.20. The summed E-state index contributed by atoms with van der Waals surface area (Å²) >= 11 is 3.53. The molecule has 0 spiro atoms. The van der Waals surface area contributed by atoms with Gasteiger partial charge in [-0.25, -0.2) is 4.79 Å². The molecule has 110 valence electrons. The van der Waals surface area contributed by atoms with Gasteiger partial charge in [-0.1, -0.05) is 40.2 Å². The summed E-state index contributed by atoms with van der Waals surface area (Å²) in [6.45, 7) is 2.86. The van der Waals surface area contributed by atoms with Crippen LogP contribution >= 0.6 is 15.9 Å². The Morgan fingerprint density at radius 2 is 1.95 bits per heavy atom. The van der Waals surface area contributed by atoms with Crippen molar-refractivity contribution in [2.24, 2.45) is 0 Å². The number of rotatable bonds is 4. The molecule has 0 bridgehead atoms. The number of anilines is 1. The standard InChI is InChI=1S/C17H18BrNO2/c1-12-6-4-5-7-16(12)19(2)11-14-9-8-13(10-15(14)18)17(20)21-3/h4-10H,11H2,1-3H3. The Bertz CT molecular complexity index is 655. The highest BCUT2D eigenvalue weighted by atomic mass is 79.9. The molecular weight excluding hydrogens is 330 g/mol. The van der Waals surface area contributed by atoms with Gasteiger partial charge in [-0.05, 0) is 36.2 Å². The highest BCUT2D eigenvalue weighted by molar-refractivity contribution is 9.10. The van der Waals surface area contributed by atoms with Gasteiger partial charge in [0.25, 0.3) is 0 Å². The van der Waals surface area contributed by atoms with Gasteiger partial charge in [-0.3, -0.25) is 0 Å². The molecule has 21 heavy (non-hydrogen) atoms. The number of benzene rings is 2. The minimum Gasteiger partial charge on any atom is -0.465 e. The Morgan fingerprint density at radius 1 is 1.24 bits per heavy atom. The fraction of sp³-hybridized carbons (Fsp3) is 0.235. The number of halogens is 1. The molecule has 2 aromatic carbocycles. The van der Waals surface area contributed by atoms with E-state index in [1.54, 1.807) is 12.1 Å². The van der Waals surface area contributed by atoms with Crippen molar-refractivity contribution in [3.05, 3.63) is 63.6 Å². The van der Waals surface area contributed by atoms with Gasteiger partial charge in [0.2, 0.25) is 0 Å². The normalized spacial score (nSPS) is 10.3. The molecule has 0 aromatic heterocycles. The van der Waals surface area contributed by atoms with E-state index in [2.05, 4.69) is 46.9 Å². The monoisotopic (exact) mass is 347 g/mol. The summed E-state index contributed by atoms with van der Waals surface area (Å²) in [5, 5.41) is 0. The van der Waals surface area contributed by atoms with Crippen LogP contribution in [0.4, 0.5) is 5.69 Å². The third-order valence-corrected chi connectivity index (χ3v) is 4.15. The number of hydrogen-bond donors (Lipinski definition) is 0. The quantitative estimate of drug-likeness (QED) is 0.777. The van der Waals surface area contributed by atoms with Crippen molar-refractivity contribution in [1.82, 2.24) is 0 Å². The van der Waals surface area contributed by atoms with Gasteiger partial charge in [0.1, 0.15) is 0 Å². The minimum absolute atomic E-state index is 0.325. The number of methoxy groups -OCH3 is 1. The molecule has 0 radical (unpaired) electrons. The average Bonchev–Trinajstić information content (AvgIpc) is 2.48. The first-order valence-electron chi connectivity index (χ1n) is 6.66. The first kappa shape index (κ1) is 15.6. The fourth-order valence-corrected chi connectivity index (χ4v) is 2.76. The molecule has 0 unspecified atom stereocenters. The van der Waals surface area contributed by atoms with Crippen LogP contribution < -0.4 is 4.90 Å². The van der Waals surface area contributed by atoms with Crippen LogP contribution in [0.1, 0.15) is 21.5 Å². The Hall–Kier alpha value is -1.81. The van der Waals surface area contributed by atoms with Crippen molar-refractivity contribution in [2.75, 3.05) is 19.1 Å². The molecule has 0 fully saturated rings. The van der Waals surface area contributed by atoms with Gasteiger partial charge < -0.3 is 9.64 Å². The molecule has 0 saturated heterocycles. The first-order chi connectivity index (χ1) is 10.0. The molecule has 0 aliphatic carbocycles. The second kappa shape index (κ2) is 6.76. The number of carbonyl (C=O) groups excluding carboxylic acids is 1. The van der Waals surface area contributed by atoms with E-state index in [4.69, 9.17) is 4.74 Å². The van der Waals surface area contributed by atoms with Crippen LogP contribution in [0.25, 0.3) is 0 Å². The van der Waals surface area contributed by atoms with Gasteiger partial charge >= 0.3 is 5.97 Å². The molecule has 0 aliphatic heterocycles. The van der Waals surface area contributed by atoms with Crippen molar-refractivity contribution in [3.8, 4) is 0 Å². The van der Waals surface area contributed by atoms with Crippen LogP contribution in [0, 0.1) is 6.92 Å². The lowest BCUT2D eigenvalue weighted by Crippen LogP contribution is -2.17. The number of carbonyl (C=O) groups is 1. The number of aryl methyl sites for hydroxylation is 1. The van der Waals surface area contributed by atoms with E-state index in [9.17, 15) is 4.79 Å². The van der Waals surface area contributed by atoms with Gasteiger partial charge in [-0.15, -0.1) is 0 Å². The number of ether oxygens (including phenoxy) is 1. The van der Waals surface area contributed by atoms with Crippen molar-refractivity contribution in [2.45, 2.75) is 13.5 Å². The summed E-state index contributed by atoms with van der Waals surface area (Å²) in [4.78, 5) is 13.7. The summed E-state index contributed by atoms with van der Waals surface area (Å²) in [5.74, 6) is -0.325. The molecule has 2 aromatic rings. The largest absolute Gasteiger partial charge is 0.465 e. The summed E-state index contributed by atoms with van der Waals surface area (Å²) in [6, 6.07) is 13.8. The molecule has 0 aliphatic rings. The van der Waals surface area contributed by atoms with Crippen molar-refractivity contribution < 1.29 is 9.53 Å². The summed E-state index contributed by atoms with van der Waals surface area (Å²) in [6.07, 6.45) is 0. The van der Waals surface area contributed by atoms with E-state index in [1.807, 2.05) is 18.2 Å². The number of nitrogens with zero attached hydrogens (tertiary/aromatic N) is 1. The van der Waals surface area contributed by atoms with Crippen LogP contribution in [0.5, 0.6) is 0 Å². The summed E-state index contributed by atoms with van der Waals surface area (Å²) in [7, 11) is 3.44. The van der Waals surface area contributed by atoms with Gasteiger partial charge in [-0.2, -0.15) is 0 Å². The SMILES string of the molecule is COC(=O)c1ccc(CN(C)c2ccccc2C)c(Br)c1. The maximum Gasteiger partial charge on any atom is 0.337 e. The smallest absolute Gasteiger partial charge is 0.337 e. The Labute approximate surface area is 133 Å². The zero-order chi connectivity index (χ0) is 15.4. The third kappa shape index (κ3) is 3.64. The number of hydrogen-bond acceptors (Lipinski definition) is 3. The molecular formula is C17H18BrNO2. The highest BCUT2D eigenvalue weighted by Gasteiger charge is 2.11. The number of para-hydroxylation sites is 1. The third-order valence-electron chi connectivity index (χ3n) is 3.41. The predicted octanol–water partition coefficient (Wildman–Crippen LogP) is 4.18. The highest BCUT2D eigenvalue weighted by Crippen LogP contribution is 2.24. The van der Waals surface area contributed by atoms with Crippen molar-refractivity contribution >= 4 is 27.6 Å². The van der Waals surface area contributed by atoms with Crippen molar-refractivity contribution in [1.29, 1.82) is 0 Å². The maximum atomic E-state index is 11.5. The molecule has 4 heteroatoms. The lowest BCUT2D eigenvalue weighted by molar-refractivity contribution is 0.0600. The molecule has 0 heterocycles. The molecule has 0 atom stereocenters. The van der Waals surface area contributed by atoms with Gasteiger partial charge in [0.15, 0.2) is 0 Å². The second-order valence-electron chi connectivity index (χ2n) is 4.94. The van der Waals surface area contributed by atoms with E-state index in [1.165, 1.54) is 18.4 Å². The molecule has 0 amide bonds. The zero-order valence-corrected chi connectivity index (χ0v) is 14.0. The van der Waals surface area contributed by atoms with Crippen LogP contribution in [-0.2, 0) is 11.3 Å². The zero-order valence-electron chi connectivity index (χ0n) is 12.4. The van der Waals surface area contributed by atoms with Crippen LogP contribution in [-0.4, -0.2) is 20.1 Å². The number of esters is 1. The van der Waals surface area contributed by atoms with E-state index in [0.29, 0.717) is 5.56 Å². The Morgan fingerprint density at radius 3 is 2.57 bits per heavy atom. The topological polar surface area (TPSA) is 29.5 Å². The molecule has 0 N–H and O–H groups in total. The summed E-state index contributed by atoms with van der Waals surface area (Å²) < 4.78 is 5.64. The lowest BCUT2D eigenvalue weighted by atomic mass is 10.1. The fourth-order valence-electron chi connectivity index (χ4n) is 2.25. The lowest BCUT2D eigenvalue weighted by Gasteiger charge is -2.22. The van der Waals surface area contributed by atoms with Gasteiger partial charge in [0.05, 0.1) is 12.7 Å².